The van der Waals surface area contributed by atoms with Crippen LogP contribution in [-0.2, 0) is 9.59 Å². The fourth-order valence-corrected chi connectivity index (χ4v) is 3.55. The summed E-state index contributed by atoms with van der Waals surface area (Å²) in [5, 5.41) is 2.96. The molecule has 2 amide bonds. The summed E-state index contributed by atoms with van der Waals surface area (Å²) in [6.07, 6.45) is 0.866. The van der Waals surface area contributed by atoms with E-state index in [0.717, 1.165) is 5.56 Å². The van der Waals surface area contributed by atoms with Crippen molar-refractivity contribution in [3.63, 3.8) is 0 Å². The number of methoxy groups -OCH3 is 2. The van der Waals surface area contributed by atoms with E-state index >= 15 is 0 Å². The summed E-state index contributed by atoms with van der Waals surface area (Å²) in [6, 6.07) is 14.6. The van der Waals surface area contributed by atoms with E-state index in [0.29, 0.717) is 30.0 Å². The van der Waals surface area contributed by atoms with E-state index in [4.69, 9.17) is 9.47 Å². The van der Waals surface area contributed by atoms with Crippen molar-refractivity contribution >= 4 is 17.5 Å². The van der Waals surface area contributed by atoms with Crippen molar-refractivity contribution in [3.8, 4) is 11.5 Å². The van der Waals surface area contributed by atoms with Crippen LogP contribution in [0.1, 0.15) is 24.4 Å². The van der Waals surface area contributed by atoms with E-state index in [2.05, 4.69) is 5.32 Å². The minimum atomic E-state index is -0.345. The van der Waals surface area contributed by atoms with Crippen LogP contribution in [0.4, 0.5) is 5.69 Å². The first-order chi connectivity index (χ1) is 13.0. The summed E-state index contributed by atoms with van der Waals surface area (Å²) < 4.78 is 10.6. The lowest BCUT2D eigenvalue weighted by Crippen LogP contribution is -2.44. The first-order valence-electron chi connectivity index (χ1n) is 8.88. The number of likely N-dealkylation sites (tertiary alicyclic amines) is 1. The normalized spacial score (nSPS) is 19.5. The number of carbonyl (C=O) groups excluding carboxylic acids is 2. The molecule has 6 heteroatoms. The van der Waals surface area contributed by atoms with Gasteiger partial charge in [-0.3, -0.25) is 9.59 Å². The number of nitrogens with one attached hydrogen (secondary N) is 1. The van der Waals surface area contributed by atoms with Crippen molar-refractivity contribution in [2.45, 2.75) is 18.9 Å². The average molecular weight is 368 g/mol. The Bertz CT molecular complexity index is 822. The molecule has 2 aromatic carbocycles. The quantitative estimate of drug-likeness (QED) is 0.880. The molecule has 2 aromatic rings. The van der Waals surface area contributed by atoms with Gasteiger partial charge in [0, 0.05) is 19.5 Å². The molecule has 0 aromatic heterocycles. The fourth-order valence-electron chi connectivity index (χ4n) is 3.55. The van der Waals surface area contributed by atoms with Crippen LogP contribution >= 0.6 is 0 Å². The molecule has 3 rings (SSSR count). The van der Waals surface area contributed by atoms with E-state index in [1.807, 2.05) is 30.3 Å². The second-order valence-electron chi connectivity index (χ2n) is 6.56. The topological polar surface area (TPSA) is 67.9 Å². The van der Waals surface area contributed by atoms with Gasteiger partial charge in [-0.05, 0) is 24.1 Å². The van der Waals surface area contributed by atoms with Gasteiger partial charge < -0.3 is 19.7 Å². The number of ether oxygens (including phenoxy) is 2. The van der Waals surface area contributed by atoms with Crippen molar-refractivity contribution in [2.75, 3.05) is 26.6 Å². The molecule has 0 spiro atoms. The van der Waals surface area contributed by atoms with E-state index in [-0.39, 0.29) is 23.8 Å². The number of benzene rings is 2. The summed E-state index contributed by atoms with van der Waals surface area (Å²) >= 11 is 0. The molecule has 0 radical (unpaired) electrons. The predicted molar refractivity (Wildman–Crippen MR) is 103 cm³/mol. The Kier molecular flexibility index (Phi) is 5.64. The summed E-state index contributed by atoms with van der Waals surface area (Å²) in [5.74, 6) is 0.748. The highest BCUT2D eigenvalue weighted by Gasteiger charge is 2.39. The van der Waals surface area contributed by atoms with Gasteiger partial charge in [0.1, 0.15) is 11.5 Å². The second-order valence-corrected chi connectivity index (χ2v) is 6.56. The third kappa shape index (κ3) is 3.89. The summed E-state index contributed by atoms with van der Waals surface area (Å²) in [5.41, 5.74) is 1.53. The molecule has 1 fully saturated rings. The number of carbonyl (C=O) groups is 2. The lowest BCUT2D eigenvalue weighted by Gasteiger charge is -2.38. The molecule has 1 heterocycles. The third-order valence-electron chi connectivity index (χ3n) is 5.01. The second kappa shape index (κ2) is 8.12. The standard InChI is InChI=1S/C21H24N2O4/c1-23-19(24)12-10-16(20(23)14-7-5-4-6-8-14)21(25)22-17-11-9-15(26-2)13-18(17)27-3/h4-9,11,13,16,20H,10,12H2,1-3H3,(H,22,25)/t16-,20-/m0/s1. The number of anilines is 1. The maximum absolute atomic E-state index is 13.1. The number of rotatable bonds is 5. The molecule has 1 saturated heterocycles. The maximum atomic E-state index is 13.1. The van der Waals surface area contributed by atoms with Crippen LogP contribution in [-0.4, -0.2) is 38.0 Å². The van der Waals surface area contributed by atoms with Crippen LogP contribution < -0.4 is 14.8 Å². The zero-order valence-electron chi connectivity index (χ0n) is 15.8. The van der Waals surface area contributed by atoms with E-state index in [9.17, 15) is 9.59 Å². The van der Waals surface area contributed by atoms with Crippen molar-refractivity contribution in [2.24, 2.45) is 5.92 Å². The van der Waals surface area contributed by atoms with Gasteiger partial charge in [0.2, 0.25) is 11.8 Å². The SMILES string of the molecule is COc1ccc(NC(=O)[C@H]2CCC(=O)N(C)[C@H]2c2ccccc2)c(OC)c1. The summed E-state index contributed by atoms with van der Waals surface area (Å²) in [6.45, 7) is 0. The Labute approximate surface area is 159 Å². The van der Waals surface area contributed by atoms with Crippen molar-refractivity contribution in [1.29, 1.82) is 0 Å². The third-order valence-corrected chi connectivity index (χ3v) is 5.01. The molecule has 1 aliphatic rings. The van der Waals surface area contributed by atoms with Crippen molar-refractivity contribution in [3.05, 3.63) is 54.1 Å². The van der Waals surface area contributed by atoms with Crippen LogP contribution in [0.2, 0.25) is 0 Å². The van der Waals surface area contributed by atoms with Crippen LogP contribution in [0.25, 0.3) is 0 Å². The lowest BCUT2D eigenvalue weighted by atomic mass is 9.84. The monoisotopic (exact) mass is 368 g/mol. The molecule has 142 valence electrons. The largest absolute Gasteiger partial charge is 0.497 e. The highest BCUT2D eigenvalue weighted by molar-refractivity contribution is 5.96. The van der Waals surface area contributed by atoms with Crippen LogP contribution in [0.15, 0.2) is 48.5 Å². The Morgan fingerprint density at radius 1 is 1.11 bits per heavy atom. The summed E-state index contributed by atoms with van der Waals surface area (Å²) in [4.78, 5) is 27.0. The zero-order valence-corrected chi connectivity index (χ0v) is 15.8. The molecule has 27 heavy (non-hydrogen) atoms. The number of nitrogens with zero attached hydrogens (tertiary/aromatic N) is 1. The van der Waals surface area contributed by atoms with Gasteiger partial charge in [-0.2, -0.15) is 0 Å². The first kappa shape index (κ1) is 18.8. The molecule has 6 nitrogen and oxygen atoms in total. The smallest absolute Gasteiger partial charge is 0.230 e. The molecule has 0 unspecified atom stereocenters. The number of hydrogen-bond donors (Lipinski definition) is 1. The van der Waals surface area contributed by atoms with Gasteiger partial charge in [0.05, 0.1) is 31.9 Å². The Balaban J connectivity index is 1.87. The van der Waals surface area contributed by atoms with Crippen molar-refractivity contribution < 1.29 is 19.1 Å². The van der Waals surface area contributed by atoms with Gasteiger partial charge in [-0.15, -0.1) is 0 Å². The molecule has 1 N–H and O–H groups in total. The summed E-state index contributed by atoms with van der Waals surface area (Å²) in [7, 11) is 4.88. The average Bonchev–Trinajstić information content (AvgIpc) is 2.70. The molecule has 0 saturated carbocycles. The number of hydrogen-bond acceptors (Lipinski definition) is 4. The van der Waals surface area contributed by atoms with Gasteiger partial charge in [0.25, 0.3) is 0 Å². The fraction of sp³-hybridized carbons (Fsp3) is 0.333. The van der Waals surface area contributed by atoms with Gasteiger partial charge in [-0.1, -0.05) is 30.3 Å². The molecular formula is C21H24N2O4. The Hall–Kier alpha value is -3.02. The minimum Gasteiger partial charge on any atom is -0.497 e. The van der Waals surface area contributed by atoms with Gasteiger partial charge in [-0.25, -0.2) is 0 Å². The van der Waals surface area contributed by atoms with Crippen molar-refractivity contribution in [1.82, 2.24) is 4.90 Å². The van der Waals surface area contributed by atoms with E-state index in [1.165, 1.54) is 0 Å². The van der Waals surface area contributed by atoms with Gasteiger partial charge in [0.15, 0.2) is 0 Å². The Morgan fingerprint density at radius 2 is 1.85 bits per heavy atom. The van der Waals surface area contributed by atoms with E-state index < -0.39 is 0 Å². The molecule has 2 atom stereocenters. The predicted octanol–water partition coefficient (Wildman–Crippen LogP) is 3.25. The minimum absolute atomic E-state index is 0.0509. The van der Waals surface area contributed by atoms with E-state index in [1.54, 1.807) is 44.4 Å². The maximum Gasteiger partial charge on any atom is 0.230 e. The zero-order chi connectivity index (χ0) is 19.4. The molecule has 0 bridgehead atoms. The number of piperidine rings is 1. The highest BCUT2D eigenvalue weighted by Crippen LogP contribution is 2.37. The van der Waals surface area contributed by atoms with Crippen LogP contribution in [0.5, 0.6) is 11.5 Å². The molecular weight excluding hydrogens is 344 g/mol. The Morgan fingerprint density at radius 3 is 2.52 bits per heavy atom. The molecule has 1 aliphatic heterocycles. The lowest BCUT2D eigenvalue weighted by molar-refractivity contribution is -0.140. The molecule has 0 aliphatic carbocycles. The van der Waals surface area contributed by atoms with Crippen LogP contribution in [0.3, 0.4) is 0 Å². The van der Waals surface area contributed by atoms with Gasteiger partial charge >= 0.3 is 0 Å². The highest BCUT2D eigenvalue weighted by atomic mass is 16.5. The van der Waals surface area contributed by atoms with Crippen LogP contribution in [0, 0.1) is 5.92 Å². The first-order valence-corrected chi connectivity index (χ1v) is 8.88. The number of amides is 2.